The molecular weight excluding hydrogens is 246 g/mol. The van der Waals surface area contributed by atoms with Crippen LogP contribution >= 0.6 is 11.3 Å². The van der Waals surface area contributed by atoms with Crippen molar-refractivity contribution in [3.63, 3.8) is 0 Å². The van der Waals surface area contributed by atoms with Gasteiger partial charge in [-0.05, 0) is 24.8 Å². The number of imidazole rings is 1. The Bertz CT molecular complexity index is 465. The molecule has 0 amide bonds. The quantitative estimate of drug-likeness (QED) is 0.782. The van der Waals surface area contributed by atoms with Gasteiger partial charge in [-0.15, -0.1) is 11.3 Å². The second kappa shape index (κ2) is 6.56. The molecule has 0 aromatic carbocycles. The molecule has 5 heteroatoms. The number of aromatic nitrogens is 2. The molecular formula is C13H19N3OS. The Hall–Kier alpha value is -1.33. The standard InChI is InChI=1S/C13H19N3OS/c1-11-10-16(7-5-12-4-3-9-18-12)13(15-11)14-6-8-17-2/h3-4,9-10H,5-8H2,1-2H3,(H,14,15). The summed E-state index contributed by atoms with van der Waals surface area (Å²) in [4.78, 5) is 5.89. The van der Waals surface area contributed by atoms with Gasteiger partial charge in [-0.3, -0.25) is 0 Å². The number of hydrogen-bond donors (Lipinski definition) is 1. The Morgan fingerprint density at radius 1 is 1.50 bits per heavy atom. The minimum absolute atomic E-state index is 0.691. The van der Waals surface area contributed by atoms with Gasteiger partial charge >= 0.3 is 0 Å². The molecule has 0 unspecified atom stereocenters. The highest BCUT2D eigenvalue weighted by Crippen LogP contribution is 2.13. The fraction of sp³-hybridized carbons (Fsp3) is 0.462. The number of ether oxygens (including phenoxy) is 1. The molecule has 0 atom stereocenters. The first kappa shape index (κ1) is 13.1. The Balaban J connectivity index is 1.93. The number of nitrogens with one attached hydrogen (secondary N) is 1. The predicted octanol–water partition coefficient (Wildman–Crippen LogP) is 2.55. The number of thiophene rings is 1. The maximum atomic E-state index is 5.03. The summed E-state index contributed by atoms with van der Waals surface area (Å²) in [5.41, 5.74) is 1.04. The highest BCUT2D eigenvalue weighted by Gasteiger charge is 2.05. The summed E-state index contributed by atoms with van der Waals surface area (Å²) in [6, 6.07) is 4.27. The van der Waals surface area contributed by atoms with Crippen molar-refractivity contribution in [1.29, 1.82) is 0 Å². The van der Waals surface area contributed by atoms with E-state index in [0.29, 0.717) is 6.61 Å². The van der Waals surface area contributed by atoms with Gasteiger partial charge in [0.1, 0.15) is 0 Å². The van der Waals surface area contributed by atoms with Gasteiger partial charge in [-0.2, -0.15) is 0 Å². The fourth-order valence-electron chi connectivity index (χ4n) is 1.81. The van der Waals surface area contributed by atoms with E-state index in [0.717, 1.165) is 31.2 Å². The molecule has 0 aliphatic rings. The Kier molecular flexibility index (Phi) is 4.78. The van der Waals surface area contributed by atoms with Crippen LogP contribution in [-0.2, 0) is 17.7 Å². The van der Waals surface area contributed by atoms with Crippen LogP contribution in [0.5, 0.6) is 0 Å². The van der Waals surface area contributed by atoms with Crippen LogP contribution in [-0.4, -0.2) is 29.8 Å². The average molecular weight is 265 g/mol. The Morgan fingerprint density at radius 2 is 2.39 bits per heavy atom. The van der Waals surface area contributed by atoms with Gasteiger partial charge < -0.3 is 14.6 Å². The molecule has 1 N–H and O–H groups in total. The minimum atomic E-state index is 0.691. The normalized spacial score (nSPS) is 10.8. The first-order valence-corrected chi connectivity index (χ1v) is 6.96. The maximum absolute atomic E-state index is 5.03. The van der Waals surface area contributed by atoms with Crippen LogP contribution < -0.4 is 5.32 Å². The van der Waals surface area contributed by atoms with Gasteiger partial charge in [0.05, 0.1) is 12.3 Å². The molecule has 0 fully saturated rings. The zero-order valence-electron chi connectivity index (χ0n) is 10.8. The zero-order chi connectivity index (χ0) is 12.8. The second-order valence-corrected chi connectivity index (χ2v) is 5.18. The number of hydrogen-bond acceptors (Lipinski definition) is 4. The summed E-state index contributed by atoms with van der Waals surface area (Å²) in [7, 11) is 1.70. The van der Waals surface area contributed by atoms with E-state index in [1.54, 1.807) is 18.4 Å². The van der Waals surface area contributed by atoms with E-state index in [1.807, 2.05) is 6.92 Å². The van der Waals surface area contributed by atoms with Crippen LogP contribution in [0, 0.1) is 6.92 Å². The minimum Gasteiger partial charge on any atom is -0.383 e. The van der Waals surface area contributed by atoms with Crippen LogP contribution in [0.25, 0.3) is 0 Å². The number of rotatable bonds is 7. The van der Waals surface area contributed by atoms with Gasteiger partial charge in [0.2, 0.25) is 5.95 Å². The second-order valence-electron chi connectivity index (χ2n) is 4.15. The molecule has 2 aromatic heterocycles. The van der Waals surface area contributed by atoms with Crippen molar-refractivity contribution < 1.29 is 4.74 Å². The SMILES string of the molecule is COCCNc1nc(C)cn1CCc1cccs1. The lowest BCUT2D eigenvalue weighted by Crippen LogP contribution is -2.13. The third-order valence-electron chi connectivity index (χ3n) is 2.67. The summed E-state index contributed by atoms with van der Waals surface area (Å²) < 4.78 is 7.20. The number of nitrogens with zero attached hydrogens (tertiary/aromatic N) is 2. The summed E-state index contributed by atoms with van der Waals surface area (Å²) in [6.45, 7) is 4.45. The lowest BCUT2D eigenvalue weighted by molar-refractivity contribution is 0.210. The first-order chi connectivity index (χ1) is 8.79. The van der Waals surface area contributed by atoms with E-state index >= 15 is 0 Å². The molecule has 2 rings (SSSR count). The lowest BCUT2D eigenvalue weighted by Gasteiger charge is -2.08. The van der Waals surface area contributed by atoms with Crippen molar-refractivity contribution in [2.45, 2.75) is 19.9 Å². The first-order valence-electron chi connectivity index (χ1n) is 6.08. The van der Waals surface area contributed by atoms with Crippen LogP contribution in [0.2, 0.25) is 0 Å². The number of methoxy groups -OCH3 is 1. The van der Waals surface area contributed by atoms with E-state index in [4.69, 9.17) is 4.74 Å². The lowest BCUT2D eigenvalue weighted by atomic mass is 10.3. The molecule has 2 heterocycles. The molecule has 0 aliphatic heterocycles. The summed E-state index contributed by atoms with van der Waals surface area (Å²) in [5.74, 6) is 0.932. The third kappa shape index (κ3) is 3.58. The molecule has 0 spiro atoms. The monoisotopic (exact) mass is 265 g/mol. The molecule has 4 nitrogen and oxygen atoms in total. The topological polar surface area (TPSA) is 39.1 Å². The van der Waals surface area contributed by atoms with Gasteiger partial charge in [0, 0.05) is 31.3 Å². The van der Waals surface area contributed by atoms with E-state index in [9.17, 15) is 0 Å². The van der Waals surface area contributed by atoms with Crippen LogP contribution in [0.1, 0.15) is 10.6 Å². The van der Waals surface area contributed by atoms with Crippen LogP contribution in [0.4, 0.5) is 5.95 Å². The maximum Gasteiger partial charge on any atom is 0.203 e. The van der Waals surface area contributed by atoms with Crippen molar-refractivity contribution in [3.05, 3.63) is 34.3 Å². The van der Waals surface area contributed by atoms with Crippen molar-refractivity contribution in [1.82, 2.24) is 9.55 Å². The zero-order valence-corrected chi connectivity index (χ0v) is 11.7. The fourth-order valence-corrected chi connectivity index (χ4v) is 2.51. The smallest absolute Gasteiger partial charge is 0.203 e. The van der Waals surface area contributed by atoms with E-state index < -0.39 is 0 Å². The molecule has 0 saturated heterocycles. The van der Waals surface area contributed by atoms with Gasteiger partial charge in [0.25, 0.3) is 0 Å². The van der Waals surface area contributed by atoms with Gasteiger partial charge in [-0.1, -0.05) is 6.07 Å². The van der Waals surface area contributed by atoms with E-state index in [-0.39, 0.29) is 0 Å². The van der Waals surface area contributed by atoms with Crippen molar-refractivity contribution in [3.8, 4) is 0 Å². The van der Waals surface area contributed by atoms with Crippen molar-refractivity contribution >= 4 is 17.3 Å². The largest absolute Gasteiger partial charge is 0.383 e. The average Bonchev–Trinajstić information content (AvgIpc) is 2.97. The molecule has 0 bridgehead atoms. The number of aryl methyl sites for hydroxylation is 3. The van der Waals surface area contributed by atoms with Crippen LogP contribution in [0.3, 0.4) is 0 Å². The van der Waals surface area contributed by atoms with Gasteiger partial charge in [0.15, 0.2) is 0 Å². The number of anilines is 1. The highest BCUT2D eigenvalue weighted by molar-refractivity contribution is 7.09. The Labute approximate surface area is 112 Å². The summed E-state index contributed by atoms with van der Waals surface area (Å²) >= 11 is 1.80. The molecule has 2 aromatic rings. The highest BCUT2D eigenvalue weighted by atomic mass is 32.1. The summed E-state index contributed by atoms with van der Waals surface area (Å²) in [6.07, 6.45) is 3.13. The Morgan fingerprint density at radius 3 is 3.11 bits per heavy atom. The van der Waals surface area contributed by atoms with Crippen molar-refractivity contribution in [2.24, 2.45) is 0 Å². The molecule has 0 saturated carbocycles. The summed E-state index contributed by atoms with van der Waals surface area (Å²) in [5, 5.41) is 5.41. The van der Waals surface area contributed by atoms with E-state index in [1.165, 1.54) is 4.88 Å². The molecule has 98 valence electrons. The molecule has 18 heavy (non-hydrogen) atoms. The van der Waals surface area contributed by atoms with E-state index in [2.05, 4.69) is 38.6 Å². The molecule has 0 radical (unpaired) electrons. The molecule has 0 aliphatic carbocycles. The third-order valence-corrected chi connectivity index (χ3v) is 3.60. The van der Waals surface area contributed by atoms with Crippen LogP contribution in [0.15, 0.2) is 23.7 Å². The predicted molar refractivity (Wildman–Crippen MR) is 75.4 cm³/mol. The van der Waals surface area contributed by atoms with Gasteiger partial charge in [-0.25, -0.2) is 4.98 Å². The van der Waals surface area contributed by atoms with Crippen molar-refractivity contribution in [2.75, 3.05) is 25.6 Å².